The van der Waals surface area contributed by atoms with Crippen molar-refractivity contribution in [3.05, 3.63) is 90.1 Å². The van der Waals surface area contributed by atoms with E-state index in [-0.39, 0.29) is 5.91 Å². The van der Waals surface area contributed by atoms with Crippen molar-refractivity contribution < 1.29 is 14.3 Å². The van der Waals surface area contributed by atoms with Gasteiger partial charge in [-0.25, -0.2) is 4.68 Å². The topological polar surface area (TPSA) is 89.2 Å². The zero-order valence-corrected chi connectivity index (χ0v) is 17.6. The number of benzene rings is 3. The second-order valence-corrected chi connectivity index (χ2v) is 6.88. The highest BCUT2D eigenvalue weighted by Crippen LogP contribution is 2.35. The maximum absolute atomic E-state index is 13.3. The number of methoxy groups -OCH3 is 2. The molecule has 0 aliphatic carbocycles. The molecule has 7 nitrogen and oxygen atoms in total. The summed E-state index contributed by atoms with van der Waals surface area (Å²) < 4.78 is 12.5. The normalized spacial score (nSPS) is 10.3. The highest BCUT2D eigenvalue weighted by atomic mass is 16.5. The first-order valence-corrected chi connectivity index (χ1v) is 9.82. The number of amides is 1. The van der Waals surface area contributed by atoms with Crippen LogP contribution in [0.5, 0.6) is 11.5 Å². The molecule has 0 aliphatic heterocycles. The average molecular weight is 424 g/mol. The summed E-state index contributed by atoms with van der Waals surface area (Å²) in [7, 11) is 3.14. The van der Waals surface area contributed by atoms with E-state index in [1.165, 1.54) is 0 Å². The van der Waals surface area contributed by atoms with E-state index in [4.69, 9.17) is 19.8 Å². The number of rotatable bonds is 6. The molecule has 0 saturated carbocycles. The zero-order valence-electron chi connectivity index (χ0n) is 17.6. The van der Waals surface area contributed by atoms with Gasteiger partial charge in [-0.15, -0.1) is 0 Å². The third kappa shape index (κ3) is 4.16. The van der Waals surface area contributed by atoms with Crippen LogP contribution in [0.4, 0.5) is 5.69 Å². The van der Waals surface area contributed by atoms with Crippen LogP contribution in [0.2, 0.25) is 0 Å². The van der Waals surface area contributed by atoms with E-state index >= 15 is 0 Å². The maximum atomic E-state index is 13.3. The molecule has 1 heterocycles. The van der Waals surface area contributed by atoms with E-state index < -0.39 is 0 Å². The second-order valence-electron chi connectivity index (χ2n) is 6.88. The molecule has 0 saturated heterocycles. The lowest BCUT2D eigenvalue weighted by atomic mass is 10.1. The summed E-state index contributed by atoms with van der Waals surface area (Å²) in [6, 6.07) is 23.6. The zero-order chi connectivity index (χ0) is 22.5. The van der Waals surface area contributed by atoms with Crippen molar-refractivity contribution in [2.45, 2.75) is 0 Å². The predicted octanol–water partition coefficient (Wildman–Crippen LogP) is 4.68. The number of nitriles is 1. The lowest BCUT2D eigenvalue weighted by Crippen LogP contribution is -2.12. The van der Waals surface area contributed by atoms with Crippen molar-refractivity contribution in [2.24, 2.45) is 0 Å². The summed E-state index contributed by atoms with van der Waals surface area (Å²) in [6.07, 6.45) is 1.68. The van der Waals surface area contributed by atoms with Gasteiger partial charge in [-0.3, -0.25) is 4.79 Å². The summed E-state index contributed by atoms with van der Waals surface area (Å²) in [4.78, 5) is 13.3. The van der Waals surface area contributed by atoms with Gasteiger partial charge in [0.2, 0.25) is 0 Å². The molecule has 0 fully saturated rings. The highest BCUT2D eigenvalue weighted by molar-refractivity contribution is 6.08. The Morgan fingerprint density at radius 1 is 1.00 bits per heavy atom. The van der Waals surface area contributed by atoms with E-state index in [9.17, 15) is 4.79 Å². The van der Waals surface area contributed by atoms with Crippen LogP contribution in [0.15, 0.2) is 79.0 Å². The van der Waals surface area contributed by atoms with Gasteiger partial charge in [0.05, 0.1) is 37.1 Å². The molecule has 158 valence electrons. The summed E-state index contributed by atoms with van der Waals surface area (Å²) in [6.45, 7) is 0. The van der Waals surface area contributed by atoms with Crippen LogP contribution < -0.4 is 14.8 Å². The lowest BCUT2D eigenvalue weighted by molar-refractivity contribution is 0.102. The molecule has 32 heavy (non-hydrogen) atoms. The van der Waals surface area contributed by atoms with Gasteiger partial charge in [0, 0.05) is 17.4 Å². The molecule has 1 amide bonds. The summed E-state index contributed by atoms with van der Waals surface area (Å²) in [5.74, 6) is 0.849. The monoisotopic (exact) mass is 424 g/mol. The maximum Gasteiger partial charge on any atom is 0.259 e. The van der Waals surface area contributed by atoms with Crippen LogP contribution in [0.25, 0.3) is 16.9 Å². The Hall–Kier alpha value is -4.57. The van der Waals surface area contributed by atoms with Crippen molar-refractivity contribution in [1.29, 1.82) is 5.26 Å². The average Bonchev–Trinajstić information content (AvgIpc) is 3.30. The van der Waals surface area contributed by atoms with Crippen LogP contribution in [-0.4, -0.2) is 29.9 Å². The fourth-order valence-corrected chi connectivity index (χ4v) is 3.28. The summed E-state index contributed by atoms with van der Waals surface area (Å²) >= 11 is 0. The molecule has 0 radical (unpaired) electrons. The number of carbonyl (C=O) groups excluding carboxylic acids is 1. The van der Waals surface area contributed by atoms with Gasteiger partial charge in [0.1, 0.15) is 17.2 Å². The molecule has 4 rings (SSSR count). The second kappa shape index (κ2) is 9.06. The number of hydrogen-bond acceptors (Lipinski definition) is 5. The van der Waals surface area contributed by atoms with Crippen LogP contribution in [0.3, 0.4) is 0 Å². The Balaban J connectivity index is 1.81. The van der Waals surface area contributed by atoms with Crippen molar-refractivity contribution in [2.75, 3.05) is 19.5 Å². The minimum Gasteiger partial charge on any atom is -0.497 e. The van der Waals surface area contributed by atoms with Crippen molar-refractivity contribution >= 4 is 11.6 Å². The number of anilines is 1. The van der Waals surface area contributed by atoms with E-state index in [0.717, 1.165) is 5.69 Å². The molecule has 0 bridgehead atoms. The van der Waals surface area contributed by atoms with Crippen LogP contribution in [0, 0.1) is 11.3 Å². The number of aromatic nitrogens is 2. The SMILES string of the molecule is COc1ccc(OC)c(-c2nn(-c3ccccc3)cc2C(=O)Nc2ccc(C#N)cc2)c1. The Morgan fingerprint density at radius 2 is 1.75 bits per heavy atom. The van der Waals surface area contributed by atoms with Gasteiger partial charge >= 0.3 is 0 Å². The van der Waals surface area contributed by atoms with Crippen LogP contribution >= 0.6 is 0 Å². The Kier molecular flexibility index (Phi) is 5.86. The van der Waals surface area contributed by atoms with Crippen molar-refractivity contribution in [3.63, 3.8) is 0 Å². The molecule has 7 heteroatoms. The largest absolute Gasteiger partial charge is 0.497 e. The molecule has 0 atom stereocenters. The summed E-state index contributed by atoms with van der Waals surface area (Å²) in [5.41, 5.74) is 3.35. The molecule has 1 aromatic heterocycles. The molecular formula is C25H20N4O3. The number of para-hydroxylation sites is 1. The molecule has 0 unspecified atom stereocenters. The van der Waals surface area contributed by atoms with Gasteiger partial charge in [0.15, 0.2) is 0 Å². The molecule has 3 aromatic carbocycles. The fraction of sp³-hybridized carbons (Fsp3) is 0.0800. The number of nitrogens with one attached hydrogen (secondary N) is 1. The predicted molar refractivity (Wildman–Crippen MR) is 121 cm³/mol. The van der Waals surface area contributed by atoms with E-state index in [1.54, 1.807) is 67.6 Å². The molecule has 4 aromatic rings. The molecular weight excluding hydrogens is 404 g/mol. The van der Waals surface area contributed by atoms with Gasteiger partial charge in [-0.05, 0) is 54.6 Å². The van der Waals surface area contributed by atoms with E-state index in [1.807, 2.05) is 30.3 Å². The third-order valence-electron chi connectivity index (χ3n) is 4.91. The van der Waals surface area contributed by atoms with Gasteiger partial charge in [0.25, 0.3) is 5.91 Å². The number of nitrogens with zero attached hydrogens (tertiary/aromatic N) is 3. The minimum absolute atomic E-state index is 0.336. The smallest absolute Gasteiger partial charge is 0.259 e. The Bertz CT molecular complexity index is 1290. The first kappa shape index (κ1) is 20.7. The van der Waals surface area contributed by atoms with Gasteiger partial charge < -0.3 is 14.8 Å². The third-order valence-corrected chi connectivity index (χ3v) is 4.91. The van der Waals surface area contributed by atoms with Gasteiger partial charge in [-0.1, -0.05) is 18.2 Å². The van der Waals surface area contributed by atoms with Crippen LogP contribution in [0.1, 0.15) is 15.9 Å². The fourth-order valence-electron chi connectivity index (χ4n) is 3.28. The van der Waals surface area contributed by atoms with Crippen LogP contribution in [-0.2, 0) is 0 Å². The first-order valence-electron chi connectivity index (χ1n) is 9.82. The number of ether oxygens (including phenoxy) is 2. The first-order chi connectivity index (χ1) is 15.6. The van der Waals surface area contributed by atoms with E-state index in [2.05, 4.69) is 11.4 Å². The number of hydrogen-bond donors (Lipinski definition) is 1. The highest BCUT2D eigenvalue weighted by Gasteiger charge is 2.22. The van der Waals surface area contributed by atoms with Crippen molar-refractivity contribution in [3.8, 4) is 34.5 Å². The minimum atomic E-state index is -0.336. The van der Waals surface area contributed by atoms with Crippen molar-refractivity contribution in [1.82, 2.24) is 9.78 Å². The Labute approximate surface area is 185 Å². The quantitative estimate of drug-likeness (QED) is 0.485. The Morgan fingerprint density at radius 3 is 2.41 bits per heavy atom. The molecule has 1 N–H and O–H groups in total. The molecule has 0 spiro atoms. The standard InChI is InChI=1S/C25H20N4O3/c1-31-20-12-13-23(32-2)21(14-20)24-22(16-29(28-24)19-6-4-3-5-7-19)25(30)27-18-10-8-17(15-26)9-11-18/h3-14,16H,1-2H3,(H,27,30). The number of carbonyl (C=O) groups is 1. The summed E-state index contributed by atoms with van der Waals surface area (Å²) in [5, 5.41) is 16.6. The van der Waals surface area contributed by atoms with Gasteiger partial charge in [-0.2, -0.15) is 10.4 Å². The molecule has 0 aliphatic rings. The van der Waals surface area contributed by atoms with E-state index in [0.29, 0.717) is 39.6 Å². The lowest BCUT2D eigenvalue weighted by Gasteiger charge is -2.10.